The summed E-state index contributed by atoms with van der Waals surface area (Å²) >= 11 is 3.39. The molecule has 1 heterocycles. The van der Waals surface area contributed by atoms with Crippen molar-refractivity contribution in [2.75, 3.05) is 17.7 Å². The van der Waals surface area contributed by atoms with Gasteiger partial charge in [-0.15, -0.1) is 0 Å². The zero-order valence-electron chi connectivity index (χ0n) is 13.4. The highest BCUT2D eigenvalue weighted by Gasteiger charge is 2.10. The van der Waals surface area contributed by atoms with Gasteiger partial charge in [-0.1, -0.05) is 22.0 Å². The van der Waals surface area contributed by atoms with Crippen LogP contribution in [0.15, 0.2) is 65.4 Å². The van der Waals surface area contributed by atoms with Crippen molar-refractivity contribution in [1.82, 2.24) is 9.97 Å². The SMILES string of the molecule is COc1cccc(NC(=O)c2cc(Nc3ccc(Br)cc3)ncn2)c1. The molecule has 0 atom stereocenters. The van der Waals surface area contributed by atoms with Crippen molar-refractivity contribution < 1.29 is 9.53 Å². The van der Waals surface area contributed by atoms with E-state index < -0.39 is 0 Å². The number of benzene rings is 2. The fraction of sp³-hybridized carbons (Fsp3) is 0.0556. The summed E-state index contributed by atoms with van der Waals surface area (Å²) in [6.07, 6.45) is 1.35. The monoisotopic (exact) mass is 398 g/mol. The number of hydrogen-bond donors (Lipinski definition) is 2. The van der Waals surface area contributed by atoms with Crippen LogP contribution in [0, 0.1) is 0 Å². The quantitative estimate of drug-likeness (QED) is 0.671. The van der Waals surface area contributed by atoms with Crippen molar-refractivity contribution in [3.05, 3.63) is 71.1 Å². The second kappa shape index (κ2) is 7.76. The first-order valence-corrected chi connectivity index (χ1v) is 8.23. The van der Waals surface area contributed by atoms with Gasteiger partial charge in [0.1, 0.15) is 23.6 Å². The van der Waals surface area contributed by atoms with Crippen molar-refractivity contribution in [1.29, 1.82) is 0 Å². The van der Waals surface area contributed by atoms with Crippen LogP contribution in [0.3, 0.4) is 0 Å². The van der Waals surface area contributed by atoms with E-state index in [1.165, 1.54) is 6.33 Å². The van der Waals surface area contributed by atoms with Crippen molar-refractivity contribution in [2.24, 2.45) is 0 Å². The number of rotatable bonds is 5. The Bertz CT molecular complexity index is 884. The Morgan fingerprint density at radius 2 is 1.84 bits per heavy atom. The zero-order valence-corrected chi connectivity index (χ0v) is 14.9. The molecule has 3 aromatic rings. The van der Waals surface area contributed by atoms with Gasteiger partial charge in [-0.3, -0.25) is 4.79 Å². The third kappa shape index (κ3) is 4.54. The lowest BCUT2D eigenvalue weighted by Gasteiger charge is -2.08. The largest absolute Gasteiger partial charge is 0.497 e. The van der Waals surface area contributed by atoms with Gasteiger partial charge in [-0.05, 0) is 36.4 Å². The topological polar surface area (TPSA) is 76.1 Å². The Morgan fingerprint density at radius 1 is 1.04 bits per heavy atom. The highest BCUT2D eigenvalue weighted by Crippen LogP contribution is 2.19. The molecule has 3 rings (SSSR count). The number of amides is 1. The average molecular weight is 399 g/mol. The first-order chi connectivity index (χ1) is 12.1. The summed E-state index contributed by atoms with van der Waals surface area (Å²) in [7, 11) is 1.57. The molecule has 0 bridgehead atoms. The third-order valence-corrected chi connectivity index (χ3v) is 3.87. The van der Waals surface area contributed by atoms with Crippen LogP contribution >= 0.6 is 15.9 Å². The van der Waals surface area contributed by atoms with Crippen LogP contribution in [0.1, 0.15) is 10.5 Å². The maximum atomic E-state index is 12.4. The minimum absolute atomic E-state index is 0.262. The molecule has 2 aromatic carbocycles. The molecule has 2 N–H and O–H groups in total. The Morgan fingerprint density at radius 3 is 2.60 bits per heavy atom. The van der Waals surface area contributed by atoms with Crippen LogP contribution < -0.4 is 15.4 Å². The first kappa shape index (κ1) is 16.9. The summed E-state index contributed by atoms with van der Waals surface area (Å²) in [5, 5.41) is 5.92. The Balaban J connectivity index is 1.73. The number of hydrogen-bond acceptors (Lipinski definition) is 5. The number of halogens is 1. The van der Waals surface area contributed by atoms with Gasteiger partial charge in [0.05, 0.1) is 7.11 Å². The number of ether oxygens (including phenoxy) is 1. The van der Waals surface area contributed by atoms with Gasteiger partial charge in [0.25, 0.3) is 5.91 Å². The van der Waals surface area contributed by atoms with Gasteiger partial charge in [0, 0.05) is 28.0 Å². The van der Waals surface area contributed by atoms with Crippen LogP contribution in [0.25, 0.3) is 0 Å². The molecule has 0 aliphatic heterocycles. The molecule has 126 valence electrons. The number of carbonyl (C=O) groups excluding carboxylic acids is 1. The molecule has 0 spiro atoms. The van der Waals surface area contributed by atoms with E-state index in [1.54, 1.807) is 37.4 Å². The van der Waals surface area contributed by atoms with Gasteiger partial charge in [0.15, 0.2) is 0 Å². The van der Waals surface area contributed by atoms with Gasteiger partial charge < -0.3 is 15.4 Å². The molecule has 6 nitrogen and oxygen atoms in total. The highest BCUT2D eigenvalue weighted by molar-refractivity contribution is 9.10. The third-order valence-electron chi connectivity index (χ3n) is 3.34. The minimum atomic E-state index is -0.325. The smallest absolute Gasteiger partial charge is 0.274 e. The van der Waals surface area contributed by atoms with E-state index in [0.717, 1.165) is 10.2 Å². The van der Waals surface area contributed by atoms with Gasteiger partial charge in [-0.25, -0.2) is 9.97 Å². The van der Waals surface area contributed by atoms with Crippen LogP contribution in [0.5, 0.6) is 5.75 Å². The number of nitrogens with one attached hydrogen (secondary N) is 2. The molecule has 0 fully saturated rings. The number of nitrogens with zero attached hydrogens (tertiary/aromatic N) is 2. The standard InChI is InChI=1S/C18H15BrN4O2/c1-25-15-4-2-3-14(9-15)23-18(24)16-10-17(21-11-20-16)22-13-7-5-12(19)6-8-13/h2-11H,1H3,(H,23,24)(H,20,21,22). The van der Waals surface area contributed by atoms with Crippen LogP contribution in [0.2, 0.25) is 0 Å². The zero-order chi connectivity index (χ0) is 17.6. The molecule has 0 unspecified atom stereocenters. The van der Waals surface area contributed by atoms with Gasteiger partial charge in [-0.2, -0.15) is 0 Å². The molecular weight excluding hydrogens is 384 g/mol. The molecule has 25 heavy (non-hydrogen) atoms. The van der Waals surface area contributed by atoms with E-state index >= 15 is 0 Å². The summed E-state index contributed by atoms with van der Waals surface area (Å²) in [4.78, 5) is 20.6. The van der Waals surface area contributed by atoms with E-state index in [0.29, 0.717) is 17.3 Å². The lowest BCUT2D eigenvalue weighted by Crippen LogP contribution is -2.14. The molecule has 1 amide bonds. The lowest BCUT2D eigenvalue weighted by atomic mass is 10.2. The molecular formula is C18H15BrN4O2. The summed E-state index contributed by atoms with van der Waals surface area (Å²) in [5.41, 5.74) is 1.75. The van der Waals surface area contributed by atoms with Crippen molar-refractivity contribution >= 4 is 39.0 Å². The van der Waals surface area contributed by atoms with Crippen molar-refractivity contribution in [3.8, 4) is 5.75 Å². The number of methoxy groups -OCH3 is 1. The van der Waals surface area contributed by atoms with E-state index in [1.807, 2.05) is 24.3 Å². The second-order valence-electron chi connectivity index (χ2n) is 5.11. The fourth-order valence-corrected chi connectivity index (χ4v) is 2.39. The van der Waals surface area contributed by atoms with Crippen molar-refractivity contribution in [3.63, 3.8) is 0 Å². The molecule has 7 heteroatoms. The van der Waals surface area contributed by atoms with Crippen LogP contribution in [0.4, 0.5) is 17.2 Å². The van der Waals surface area contributed by atoms with E-state index in [2.05, 4.69) is 36.5 Å². The Hall–Kier alpha value is -2.93. The molecule has 0 aliphatic rings. The Labute approximate surface area is 153 Å². The summed E-state index contributed by atoms with van der Waals surface area (Å²) in [6.45, 7) is 0. The maximum Gasteiger partial charge on any atom is 0.274 e. The van der Waals surface area contributed by atoms with E-state index in [9.17, 15) is 4.79 Å². The molecule has 0 saturated heterocycles. The predicted molar refractivity (Wildman–Crippen MR) is 100 cm³/mol. The number of anilines is 3. The summed E-state index contributed by atoms with van der Waals surface area (Å²) in [6, 6.07) is 16.4. The lowest BCUT2D eigenvalue weighted by molar-refractivity contribution is 0.102. The summed E-state index contributed by atoms with van der Waals surface area (Å²) in [5.74, 6) is 0.876. The average Bonchev–Trinajstić information content (AvgIpc) is 2.64. The van der Waals surface area contributed by atoms with Gasteiger partial charge >= 0.3 is 0 Å². The molecule has 0 aliphatic carbocycles. The molecule has 1 aromatic heterocycles. The minimum Gasteiger partial charge on any atom is -0.497 e. The second-order valence-corrected chi connectivity index (χ2v) is 6.02. The first-order valence-electron chi connectivity index (χ1n) is 7.44. The predicted octanol–water partition coefficient (Wildman–Crippen LogP) is 4.24. The number of aromatic nitrogens is 2. The number of carbonyl (C=O) groups is 1. The van der Waals surface area contributed by atoms with Crippen molar-refractivity contribution in [2.45, 2.75) is 0 Å². The highest BCUT2D eigenvalue weighted by atomic mass is 79.9. The normalized spacial score (nSPS) is 10.2. The molecule has 0 saturated carbocycles. The fourth-order valence-electron chi connectivity index (χ4n) is 2.13. The van der Waals surface area contributed by atoms with Crippen LogP contribution in [-0.4, -0.2) is 23.0 Å². The van der Waals surface area contributed by atoms with E-state index in [4.69, 9.17) is 4.74 Å². The van der Waals surface area contributed by atoms with E-state index in [-0.39, 0.29) is 11.6 Å². The van der Waals surface area contributed by atoms with Crippen LogP contribution in [-0.2, 0) is 0 Å². The Kier molecular flexibility index (Phi) is 5.25. The molecule has 0 radical (unpaired) electrons. The maximum absolute atomic E-state index is 12.4. The summed E-state index contributed by atoms with van der Waals surface area (Å²) < 4.78 is 6.13. The van der Waals surface area contributed by atoms with Gasteiger partial charge in [0.2, 0.25) is 0 Å².